The van der Waals surface area contributed by atoms with Crippen LogP contribution >= 0.6 is 0 Å². The summed E-state index contributed by atoms with van der Waals surface area (Å²) in [6, 6.07) is 10.4. The monoisotopic (exact) mass is 403 g/mol. The highest BCUT2D eigenvalue weighted by atomic mass is 19.4. The van der Waals surface area contributed by atoms with E-state index < -0.39 is 18.0 Å². The van der Waals surface area contributed by atoms with Gasteiger partial charge in [0.05, 0.1) is 0 Å². The van der Waals surface area contributed by atoms with Gasteiger partial charge in [-0.25, -0.2) is 4.98 Å². The molecule has 2 heterocycles. The molecule has 150 valence electrons. The average molecular weight is 403 g/mol. The fourth-order valence-corrected chi connectivity index (χ4v) is 2.62. The van der Waals surface area contributed by atoms with Crippen LogP contribution in [0.5, 0.6) is 17.4 Å². The molecule has 0 saturated heterocycles. The first-order valence-electron chi connectivity index (χ1n) is 8.44. The number of carbonyl (C=O) groups is 1. The molecule has 1 amide bonds. The van der Waals surface area contributed by atoms with Crippen molar-refractivity contribution >= 4 is 5.91 Å². The standard InChI is InChI=1S/C20H16F3N3O3/c1-12-8-13(5-7-25-12)17-4-3-6-26-19(17)28-15-9-14(18(27)24-2)10-16(11-15)29-20(21,22)23/h3-11H,1-2H3,(H,24,27). The number of hydrogen-bond acceptors (Lipinski definition) is 5. The first kappa shape index (κ1) is 20.1. The summed E-state index contributed by atoms with van der Waals surface area (Å²) in [5, 5.41) is 2.35. The number of aryl methyl sites for hydroxylation is 1. The molecule has 0 saturated carbocycles. The molecule has 3 rings (SSSR count). The zero-order chi connectivity index (χ0) is 21.0. The van der Waals surface area contributed by atoms with E-state index in [4.69, 9.17) is 4.74 Å². The number of hydrogen-bond donors (Lipinski definition) is 1. The van der Waals surface area contributed by atoms with E-state index in [-0.39, 0.29) is 17.2 Å². The minimum atomic E-state index is -4.91. The van der Waals surface area contributed by atoms with Crippen LogP contribution in [-0.2, 0) is 0 Å². The Morgan fingerprint density at radius 2 is 1.79 bits per heavy atom. The predicted octanol–water partition coefficient (Wildman–Crippen LogP) is 4.50. The van der Waals surface area contributed by atoms with Gasteiger partial charge in [-0.2, -0.15) is 0 Å². The SMILES string of the molecule is CNC(=O)c1cc(Oc2ncccc2-c2ccnc(C)c2)cc(OC(F)(F)F)c1. The van der Waals surface area contributed by atoms with Crippen LogP contribution < -0.4 is 14.8 Å². The Balaban J connectivity index is 2.02. The Hall–Kier alpha value is -3.62. The van der Waals surface area contributed by atoms with Crippen molar-refractivity contribution < 1.29 is 27.4 Å². The van der Waals surface area contributed by atoms with Crippen LogP contribution in [0.25, 0.3) is 11.1 Å². The molecular weight excluding hydrogens is 387 g/mol. The Bertz CT molecular complexity index is 1040. The van der Waals surface area contributed by atoms with Gasteiger partial charge in [-0.05, 0) is 48.9 Å². The summed E-state index contributed by atoms with van der Waals surface area (Å²) < 4.78 is 47.7. The maximum Gasteiger partial charge on any atom is 0.573 e. The van der Waals surface area contributed by atoms with Crippen molar-refractivity contribution in [2.75, 3.05) is 7.05 Å². The second-order valence-corrected chi connectivity index (χ2v) is 5.96. The summed E-state index contributed by atoms with van der Waals surface area (Å²) in [5.74, 6) is -1.04. The molecule has 0 unspecified atom stereocenters. The number of ether oxygens (including phenoxy) is 2. The zero-order valence-corrected chi connectivity index (χ0v) is 15.4. The van der Waals surface area contributed by atoms with Gasteiger partial charge in [-0.15, -0.1) is 13.2 Å². The van der Waals surface area contributed by atoms with Crippen molar-refractivity contribution in [2.24, 2.45) is 0 Å². The second-order valence-electron chi connectivity index (χ2n) is 5.96. The fourth-order valence-electron chi connectivity index (χ4n) is 2.62. The van der Waals surface area contributed by atoms with Crippen LogP contribution in [-0.4, -0.2) is 29.3 Å². The highest BCUT2D eigenvalue weighted by molar-refractivity contribution is 5.94. The van der Waals surface area contributed by atoms with Gasteiger partial charge in [0.2, 0.25) is 5.88 Å². The van der Waals surface area contributed by atoms with Gasteiger partial charge in [0.15, 0.2) is 0 Å². The van der Waals surface area contributed by atoms with Crippen LogP contribution in [0, 0.1) is 6.92 Å². The summed E-state index contributed by atoms with van der Waals surface area (Å²) in [6.45, 7) is 1.83. The van der Waals surface area contributed by atoms with Crippen molar-refractivity contribution in [3.05, 3.63) is 66.1 Å². The molecule has 0 bridgehead atoms. The van der Waals surface area contributed by atoms with E-state index in [9.17, 15) is 18.0 Å². The third-order valence-corrected chi connectivity index (χ3v) is 3.80. The quantitative estimate of drug-likeness (QED) is 0.679. The molecule has 3 aromatic rings. The molecule has 0 aliphatic carbocycles. The van der Waals surface area contributed by atoms with E-state index >= 15 is 0 Å². The van der Waals surface area contributed by atoms with E-state index in [1.807, 2.05) is 13.0 Å². The number of halogens is 3. The number of rotatable bonds is 5. The van der Waals surface area contributed by atoms with Gasteiger partial charge in [0.1, 0.15) is 11.5 Å². The molecule has 9 heteroatoms. The number of aromatic nitrogens is 2. The Morgan fingerprint density at radius 3 is 2.48 bits per heavy atom. The third-order valence-electron chi connectivity index (χ3n) is 3.80. The first-order valence-corrected chi connectivity index (χ1v) is 8.44. The summed E-state index contributed by atoms with van der Waals surface area (Å²) in [4.78, 5) is 20.2. The predicted molar refractivity (Wildman–Crippen MR) is 98.8 cm³/mol. The van der Waals surface area contributed by atoms with Gasteiger partial charge in [-0.1, -0.05) is 0 Å². The van der Waals surface area contributed by atoms with Crippen molar-refractivity contribution in [3.63, 3.8) is 0 Å². The lowest BCUT2D eigenvalue weighted by atomic mass is 10.1. The molecule has 1 N–H and O–H groups in total. The Morgan fingerprint density at radius 1 is 1.03 bits per heavy atom. The van der Waals surface area contributed by atoms with Gasteiger partial charge >= 0.3 is 6.36 Å². The smallest absolute Gasteiger partial charge is 0.438 e. The Labute approximate surface area is 164 Å². The molecule has 0 spiro atoms. The number of carbonyl (C=O) groups excluding carboxylic acids is 1. The summed E-state index contributed by atoms with van der Waals surface area (Å²) in [5.41, 5.74) is 2.11. The van der Waals surface area contributed by atoms with Crippen molar-refractivity contribution in [2.45, 2.75) is 13.3 Å². The molecule has 1 aromatic carbocycles. The minimum absolute atomic E-state index is 0.0314. The lowest BCUT2D eigenvalue weighted by Crippen LogP contribution is -2.20. The number of nitrogens with one attached hydrogen (secondary N) is 1. The number of pyridine rings is 2. The summed E-state index contributed by atoms with van der Waals surface area (Å²) >= 11 is 0. The molecule has 0 fully saturated rings. The lowest BCUT2D eigenvalue weighted by molar-refractivity contribution is -0.274. The highest BCUT2D eigenvalue weighted by Gasteiger charge is 2.31. The van der Waals surface area contributed by atoms with Crippen LogP contribution in [0.4, 0.5) is 13.2 Å². The maximum absolute atomic E-state index is 12.7. The molecule has 29 heavy (non-hydrogen) atoms. The molecular formula is C20H16F3N3O3. The average Bonchev–Trinajstić information content (AvgIpc) is 2.66. The zero-order valence-electron chi connectivity index (χ0n) is 15.4. The van der Waals surface area contributed by atoms with E-state index in [2.05, 4.69) is 20.0 Å². The van der Waals surface area contributed by atoms with Gasteiger partial charge in [-0.3, -0.25) is 9.78 Å². The molecule has 2 aromatic heterocycles. The topological polar surface area (TPSA) is 73.3 Å². The molecule has 0 aliphatic heterocycles. The van der Waals surface area contributed by atoms with Gasteiger partial charge < -0.3 is 14.8 Å². The fraction of sp³-hybridized carbons (Fsp3) is 0.150. The number of amides is 1. The molecule has 0 radical (unpaired) electrons. The lowest BCUT2D eigenvalue weighted by Gasteiger charge is -2.14. The van der Waals surface area contributed by atoms with Crippen molar-refractivity contribution in [3.8, 4) is 28.5 Å². The van der Waals surface area contributed by atoms with Crippen molar-refractivity contribution in [1.82, 2.24) is 15.3 Å². The van der Waals surface area contributed by atoms with Crippen LogP contribution in [0.3, 0.4) is 0 Å². The first-order chi connectivity index (χ1) is 13.7. The van der Waals surface area contributed by atoms with Gasteiger partial charge in [0.25, 0.3) is 5.91 Å². The van der Waals surface area contributed by atoms with E-state index in [0.717, 1.165) is 23.4 Å². The normalized spacial score (nSPS) is 11.1. The second kappa shape index (κ2) is 8.17. The third kappa shape index (κ3) is 5.22. The number of nitrogens with zero attached hydrogens (tertiary/aromatic N) is 2. The van der Waals surface area contributed by atoms with E-state index in [0.29, 0.717) is 5.56 Å². The van der Waals surface area contributed by atoms with Crippen LogP contribution in [0.1, 0.15) is 16.1 Å². The summed E-state index contributed by atoms with van der Waals surface area (Å²) in [6.07, 6.45) is -1.80. The highest BCUT2D eigenvalue weighted by Crippen LogP contribution is 2.34. The van der Waals surface area contributed by atoms with Crippen LogP contribution in [0.15, 0.2) is 54.9 Å². The van der Waals surface area contributed by atoms with Crippen LogP contribution in [0.2, 0.25) is 0 Å². The molecule has 0 atom stereocenters. The summed E-state index contributed by atoms with van der Waals surface area (Å²) in [7, 11) is 1.36. The maximum atomic E-state index is 12.7. The Kier molecular flexibility index (Phi) is 5.67. The van der Waals surface area contributed by atoms with Gasteiger partial charge in [0, 0.05) is 42.3 Å². The largest absolute Gasteiger partial charge is 0.573 e. The molecule has 6 nitrogen and oxygen atoms in total. The number of alkyl halides is 3. The van der Waals surface area contributed by atoms with E-state index in [1.54, 1.807) is 24.4 Å². The number of benzene rings is 1. The van der Waals surface area contributed by atoms with Crippen molar-refractivity contribution in [1.29, 1.82) is 0 Å². The minimum Gasteiger partial charge on any atom is -0.438 e. The molecule has 0 aliphatic rings. The van der Waals surface area contributed by atoms with E-state index in [1.165, 1.54) is 19.3 Å².